The lowest BCUT2D eigenvalue weighted by Crippen LogP contribution is -2.42. The van der Waals surface area contributed by atoms with Gasteiger partial charge in [-0.1, -0.05) is 12.1 Å². The molecular weight excluding hydrogens is 479 g/mol. The first-order valence-corrected chi connectivity index (χ1v) is 10.0. The molecule has 0 radical (unpaired) electrons. The number of nitrogens with zero attached hydrogens (tertiary/aromatic N) is 1. The predicted molar refractivity (Wildman–Crippen MR) is 110 cm³/mol. The van der Waals surface area contributed by atoms with Crippen molar-refractivity contribution in [3.8, 4) is 5.75 Å². The molecule has 0 fully saturated rings. The van der Waals surface area contributed by atoms with Crippen LogP contribution in [0, 0.1) is 0 Å². The van der Waals surface area contributed by atoms with Gasteiger partial charge in [-0.05, 0) is 38.0 Å². The van der Waals surface area contributed by atoms with Crippen molar-refractivity contribution in [1.29, 1.82) is 0 Å². The molecule has 0 spiro atoms. The van der Waals surface area contributed by atoms with E-state index in [-0.39, 0.29) is 48.1 Å². The lowest BCUT2D eigenvalue weighted by Gasteiger charge is -2.17. The van der Waals surface area contributed by atoms with Gasteiger partial charge in [0.25, 0.3) is 0 Å². The molecule has 0 bridgehead atoms. The maximum Gasteiger partial charge on any atom is 0.387 e. The molecule has 0 aliphatic rings. The van der Waals surface area contributed by atoms with Gasteiger partial charge in [-0.15, -0.1) is 24.0 Å². The van der Waals surface area contributed by atoms with Gasteiger partial charge >= 0.3 is 6.61 Å². The summed E-state index contributed by atoms with van der Waals surface area (Å²) in [6.45, 7) is 1.83. The van der Waals surface area contributed by atoms with Crippen LogP contribution in [0.2, 0.25) is 0 Å². The van der Waals surface area contributed by atoms with Crippen molar-refractivity contribution in [3.63, 3.8) is 0 Å². The minimum absolute atomic E-state index is 0. The molecule has 0 aliphatic heterocycles. The van der Waals surface area contributed by atoms with Crippen molar-refractivity contribution in [2.24, 2.45) is 4.99 Å². The van der Waals surface area contributed by atoms with Crippen LogP contribution in [0.3, 0.4) is 0 Å². The Hall–Kier alpha value is -1.17. The number of hydrogen-bond donors (Lipinski definition) is 2. The molecule has 1 aromatic rings. The number of aliphatic imine (C=N–C) groups is 1. The fourth-order valence-electron chi connectivity index (χ4n) is 2.01. The van der Waals surface area contributed by atoms with Gasteiger partial charge in [-0.25, -0.2) is 13.4 Å². The number of nitrogens with one attached hydrogen (secondary N) is 2. The Kier molecular flexibility index (Phi) is 11.7. The average molecular weight is 505 g/mol. The van der Waals surface area contributed by atoms with Crippen LogP contribution in [0.4, 0.5) is 8.78 Å². The first-order valence-electron chi connectivity index (χ1n) is 7.96. The van der Waals surface area contributed by atoms with Gasteiger partial charge in [-0.2, -0.15) is 8.78 Å². The Bertz CT molecular complexity index is 672. The average Bonchev–Trinajstić information content (AvgIpc) is 2.50. The van der Waals surface area contributed by atoms with Crippen LogP contribution < -0.4 is 15.4 Å². The van der Waals surface area contributed by atoms with Crippen molar-refractivity contribution in [1.82, 2.24) is 10.6 Å². The molecule has 150 valence electrons. The summed E-state index contributed by atoms with van der Waals surface area (Å²) in [4.78, 5) is 4.39. The molecule has 1 aromatic carbocycles. The van der Waals surface area contributed by atoms with E-state index >= 15 is 0 Å². The molecule has 0 saturated heterocycles. The number of hydrogen-bond acceptors (Lipinski definition) is 4. The SMILES string of the molecule is CCNC(=NCc1cccc(OC(F)F)c1)NC(C)CCS(C)(=O)=O.I. The fraction of sp³-hybridized carbons (Fsp3) is 0.562. The quantitative estimate of drug-likeness (QED) is 0.307. The van der Waals surface area contributed by atoms with Gasteiger partial charge < -0.3 is 15.4 Å². The molecule has 1 atom stereocenters. The smallest absolute Gasteiger partial charge is 0.387 e. The lowest BCUT2D eigenvalue weighted by atomic mass is 10.2. The number of alkyl halides is 2. The van der Waals surface area contributed by atoms with E-state index in [0.29, 0.717) is 18.9 Å². The highest BCUT2D eigenvalue weighted by molar-refractivity contribution is 14.0. The van der Waals surface area contributed by atoms with Crippen molar-refractivity contribution >= 4 is 39.8 Å². The van der Waals surface area contributed by atoms with Gasteiger partial charge in [0.05, 0.1) is 12.3 Å². The van der Waals surface area contributed by atoms with Crippen LogP contribution >= 0.6 is 24.0 Å². The topological polar surface area (TPSA) is 79.8 Å². The Morgan fingerprint density at radius 3 is 2.62 bits per heavy atom. The molecule has 0 heterocycles. The molecule has 0 saturated carbocycles. The van der Waals surface area contributed by atoms with Crippen LogP contribution in [-0.4, -0.2) is 45.6 Å². The third-order valence-electron chi connectivity index (χ3n) is 3.19. The van der Waals surface area contributed by atoms with E-state index in [2.05, 4.69) is 20.4 Å². The number of halogens is 3. The first kappa shape index (κ1) is 24.8. The normalized spacial score (nSPS) is 13.1. The Morgan fingerprint density at radius 1 is 1.35 bits per heavy atom. The number of guanidine groups is 1. The molecule has 1 unspecified atom stereocenters. The zero-order valence-electron chi connectivity index (χ0n) is 15.0. The molecule has 0 aromatic heterocycles. The van der Waals surface area contributed by atoms with Gasteiger partial charge in [0, 0.05) is 18.8 Å². The van der Waals surface area contributed by atoms with Crippen LogP contribution in [-0.2, 0) is 16.4 Å². The molecule has 0 aliphatic carbocycles. The second-order valence-electron chi connectivity index (χ2n) is 5.69. The van der Waals surface area contributed by atoms with Crippen molar-refractivity contribution in [3.05, 3.63) is 29.8 Å². The van der Waals surface area contributed by atoms with Crippen LogP contribution in [0.1, 0.15) is 25.8 Å². The molecule has 2 N–H and O–H groups in total. The Morgan fingerprint density at radius 2 is 2.04 bits per heavy atom. The molecule has 0 amide bonds. The second kappa shape index (κ2) is 12.3. The second-order valence-corrected chi connectivity index (χ2v) is 7.94. The van der Waals surface area contributed by atoms with Gasteiger partial charge in [-0.3, -0.25) is 0 Å². The number of ether oxygens (including phenoxy) is 1. The van der Waals surface area contributed by atoms with E-state index < -0.39 is 16.4 Å². The molecule has 6 nitrogen and oxygen atoms in total. The predicted octanol–water partition coefficient (Wildman–Crippen LogP) is 2.78. The highest BCUT2D eigenvalue weighted by Gasteiger charge is 2.10. The molecule has 1 rings (SSSR count). The standard InChI is InChI=1S/C16H25F2N3O3S.HI/c1-4-19-16(21-12(2)8-9-25(3,22)23)20-11-13-6-5-7-14(10-13)24-15(17)18;/h5-7,10,12,15H,4,8-9,11H2,1-3H3,(H2,19,20,21);1H. The van der Waals surface area contributed by atoms with Crippen molar-refractivity contribution < 1.29 is 21.9 Å². The number of sulfone groups is 1. The summed E-state index contributed by atoms with van der Waals surface area (Å²) in [6.07, 6.45) is 1.66. The summed E-state index contributed by atoms with van der Waals surface area (Å²) in [5.74, 6) is 0.707. The third-order valence-corrected chi connectivity index (χ3v) is 4.17. The number of benzene rings is 1. The van der Waals surface area contributed by atoms with Crippen LogP contribution in [0.15, 0.2) is 29.3 Å². The van der Waals surface area contributed by atoms with E-state index in [4.69, 9.17) is 0 Å². The zero-order valence-corrected chi connectivity index (χ0v) is 18.2. The van der Waals surface area contributed by atoms with E-state index in [9.17, 15) is 17.2 Å². The summed E-state index contributed by atoms with van der Waals surface area (Å²) < 4.78 is 51.3. The minimum atomic E-state index is -3.01. The van der Waals surface area contributed by atoms with Crippen molar-refractivity contribution in [2.75, 3.05) is 18.6 Å². The molecular formula is C16H26F2IN3O3S. The van der Waals surface area contributed by atoms with Crippen LogP contribution in [0.5, 0.6) is 5.75 Å². The molecule has 26 heavy (non-hydrogen) atoms. The fourth-order valence-corrected chi connectivity index (χ4v) is 2.79. The largest absolute Gasteiger partial charge is 0.435 e. The first-order chi connectivity index (χ1) is 11.7. The summed E-state index contributed by atoms with van der Waals surface area (Å²) in [6, 6.07) is 6.26. The maximum absolute atomic E-state index is 12.3. The summed E-state index contributed by atoms with van der Waals surface area (Å²) in [5.41, 5.74) is 0.721. The number of rotatable bonds is 9. The lowest BCUT2D eigenvalue weighted by molar-refractivity contribution is -0.0498. The maximum atomic E-state index is 12.3. The molecule has 10 heteroatoms. The van der Waals surface area contributed by atoms with Crippen molar-refractivity contribution in [2.45, 2.75) is 39.5 Å². The van der Waals surface area contributed by atoms with E-state index in [1.54, 1.807) is 12.1 Å². The highest BCUT2D eigenvalue weighted by Crippen LogP contribution is 2.16. The van der Waals surface area contributed by atoms with Gasteiger partial charge in [0.1, 0.15) is 15.6 Å². The monoisotopic (exact) mass is 505 g/mol. The summed E-state index contributed by atoms with van der Waals surface area (Å²) in [7, 11) is -3.01. The minimum Gasteiger partial charge on any atom is -0.435 e. The van der Waals surface area contributed by atoms with E-state index in [1.165, 1.54) is 18.4 Å². The third kappa shape index (κ3) is 11.4. The zero-order chi connectivity index (χ0) is 18.9. The summed E-state index contributed by atoms with van der Waals surface area (Å²) in [5, 5.41) is 6.20. The van der Waals surface area contributed by atoms with Gasteiger partial charge in [0.2, 0.25) is 0 Å². The summed E-state index contributed by atoms with van der Waals surface area (Å²) >= 11 is 0. The van der Waals surface area contributed by atoms with E-state index in [0.717, 1.165) is 5.56 Å². The highest BCUT2D eigenvalue weighted by atomic mass is 127. The Balaban J connectivity index is 0.00000625. The van der Waals surface area contributed by atoms with Crippen LogP contribution in [0.25, 0.3) is 0 Å². The Labute approximate surface area is 170 Å². The van der Waals surface area contributed by atoms with E-state index in [1.807, 2.05) is 13.8 Å². The van der Waals surface area contributed by atoms with Gasteiger partial charge in [0.15, 0.2) is 5.96 Å².